The van der Waals surface area contributed by atoms with E-state index >= 15 is 0 Å². The largest absolute Gasteiger partial charge is 0.444 e. The molecule has 0 aromatic heterocycles. The van der Waals surface area contributed by atoms with E-state index in [2.05, 4.69) is 21.3 Å². The van der Waals surface area contributed by atoms with Crippen molar-refractivity contribution in [3.63, 3.8) is 0 Å². The molecular formula is C34H50N6O8. The highest BCUT2D eigenvalue weighted by molar-refractivity contribution is 5.91. The number of hydrogen-bond acceptors (Lipinski definition) is 8. The third-order valence-electron chi connectivity index (χ3n) is 6.14. The summed E-state index contributed by atoms with van der Waals surface area (Å²) in [6.45, 7) is 13.3. The van der Waals surface area contributed by atoms with Gasteiger partial charge in [0, 0.05) is 12.8 Å². The van der Waals surface area contributed by atoms with Gasteiger partial charge in [0.15, 0.2) is 0 Å². The Morgan fingerprint density at radius 2 is 0.854 bits per heavy atom. The van der Waals surface area contributed by atoms with Crippen molar-refractivity contribution in [1.82, 2.24) is 21.3 Å². The van der Waals surface area contributed by atoms with Crippen LogP contribution in [0.4, 0.5) is 9.59 Å². The first-order valence-electron chi connectivity index (χ1n) is 15.4. The molecule has 6 amide bonds. The maximum absolute atomic E-state index is 12.2. The van der Waals surface area contributed by atoms with E-state index in [1.165, 1.54) is 13.8 Å². The number of carbonyl (C=O) groups excluding carboxylic acids is 6. The maximum atomic E-state index is 12.2. The van der Waals surface area contributed by atoms with E-state index in [9.17, 15) is 28.8 Å². The van der Waals surface area contributed by atoms with Crippen molar-refractivity contribution in [3.8, 4) is 0 Å². The number of carbonyl (C=O) groups is 6. The Labute approximate surface area is 282 Å². The number of nitrogens with two attached hydrogens (primary N) is 2. The molecule has 0 saturated heterocycles. The van der Waals surface area contributed by atoms with Crippen LogP contribution in [0.5, 0.6) is 0 Å². The summed E-state index contributed by atoms with van der Waals surface area (Å²) in [6.07, 6.45) is -0.852. The van der Waals surface area contributed by atoms with Gasteiger partial charge in [-0.05, 0) is 66.5 Å². The second-order valence-electron chi connectivity index (χ2n) is 13.0. The molecule has 2 rings (SSSR count). The van der Waals surface area contributed by atoms with E-state index < -0.39 is 71.2 Å². The molecule has 0 aliphatic heterocycles. The molecule has 14 nitrogen and oxygen atoms in total. The molecule has 0 aliphatic carbocycles. The van der Waals surface area contributed by atoms with Crippen LogP contribution in [-0.4, -0.2) is 71.2 Å². The third kappa shape index (κ3) is 17.5. The second-order valence-corrected chi connectivity index (χ2v) is 13.0. The summed E-state index contributed by atoms with van der Waals surface area (Å²) in [4.78, 5) is 70.8. The predicted molar refractivity (Wildman–Crippen MR) is 180 cm³/mol. The number of benzene rings is 2. The molecule has 0 bridgehead atoms. The van der Waals surface area contributed by atoms with Crippen molar-refractivity contribution >= 4 is 35.8 Å². The zero-order valence-electron chi connectivity index (χ0n) is 28.9. The van der Waals surface area contributed by atoms with Crippen LogP contribution >= 0.6 is 0 Å². The fourth-order valence-corrected chi connectivity index (χ4v) is 3.84. The van der Waals surface area contributed by atoms with Crippen LogP contribution in [-0.2, 0) is 41.5 Å². The minimum Gasteiger partial charge on any atom is -0.444 e. The van der Waals surface area contributed by atoms with Gasteiger partial charge in [-0.1, -0.05) is 60.7 Å². The maximum Gasteiger partial charge on any atom is 0.408 e. The zero-order valence-corrected chi connectivity index (χ0v) is 28.9. The fraction of sp³-hybridized carbons (Fsp3) is 0.471. The molecule has 0 radical (unpaired) electrons. The Morgan fingerprint density at radius 1 is 0.562 bits per heavy atom. The van der Waals surface area contributed by atoms with Crippen LogP contribution in [0.15, 0.2) is 60.7 Å². The van der Waals surface area contributed by atoms with E-state index in [0.717, 1.165) is 11.1 Å². The average molecular weight is 671 g/mol. The van der Waals surface area contributed by atoms with Gasteiger partial charge in [-0.2, -0.15) is 0 Å². The standard InChI is InChI=1S/2C17H25N3O4/c2*1-11(19-16(23)24-17(2,3)4)15(22)20-13(14(18)21)10-12-8-6-5-7-9-12/h2*5-9,11,13H,10H2,1-4H3,(H2,18,21)(H,19,23)(H,20,22). The lowest BCUT2D eigenvalue weighted by Crippen LogP contribution is -2.53. The van der Waals surface area contributed by atoms with Gasteiger partial charge in [0.05, 0.1) is 0 Å². The zero-order chi connectivity index (χ0) is 36.7. The molecule has 14 heteroatoms. The predicted octanol–water partition coefficient (Wildman–Crippen LogP) is 2.22. The summed E-state index contributed by atoms with van der Waals surface area (Å²) in [6, 6.07) is 15.0. The van der Waals surface area contributed by atoms with Crippen molar-refractivity contribution in [2.45, 2.75) is 104 Å². The number of ether oxygens (including phenoxy) is 2. The Bertz CT molecular complexity index is 1270. The van der Waals surface area contributed by atoms with Gasteiger partial charge in [0.2, 0.25) is 23.6 Å². The Balaban J connectivity index is 0.000000480. The quantitative estimate of drug-likeness (QED) is 0.196. The highest BCUT2D eigenvalue weighted by Crippen LogP contribution is 2.09. The van der Waals surface area contributed by atoms with Gasteiger partial charge in [0.25, 0.3) is 0 Å². The lowest BCUT2D eigenvalue weighted by Gasteiger charge is -2.23. The molecule has 0 heterocycles. The molecule has 4 unspecified atom stereocenters. The lowest BCUT2D eigenvalue weighted by atomic mass is 10.1. The number of rotatable bonds is 12. The molecule has 0 aliphatic rings. The first-order valence-corrected chi connectivity index (χ1v) is 15.4. The summed E-state index contributed by atoms with van der Waals surface area (Å²) in [5.74, 6) is -2.31. The highest BCUT2D eigenvalue weighted by Gasteiger charge is 2.26. The normalized spacial score (nSPS) is 13.5. The fourth-order valence-electron chi connectivity index (χ4n) is 3.84. The lowest BCUT2D eigenvalue weighted by molar-refractivity contribution is -0.128. The van der Waals surface area contributed by atoms with Crippen molar-refractivity contribution in [2.75, 3.05) is 0 Å². The minimum absolute atomic E-state index is 0.279. The van der Waals surface area contributed by atoms with Crippen molar-refractivity contribution in [2.24, 2.45) is 11.5 Å². The van der Waals surface area contributed by atoms with Crippen LogP contribution in [0.25, 0.3) is 0 Å². The molecule has 0 spiro atoms. The second kappa shape index (κ2) is 18.9. The van der Waals surface area contributed by atoms with E-state index in [1.54, 1.807) is 41.5 Å². The molecular weight excluding hydrogens is 620 g/mol. The summed E-state index contributed by atoms with van der Waals surface area (Å²) < 4.78 is 10.2. The van der Waals surface area contributed by atoms with Gasteiger partial charge in [0.1, 0.15) is 35.4 Å². The third-order valence-corrected chi connectivity index (χ3v) is 6.14. The van der Waals surface area contributed by atoms with Crippen LogP contribution < -0.4 is 32.7 Å². The van der Waals surface area contributed by atoms with Gasteiger partial charge in [-0.3, -0.25) is 19.2 Å². The average Bonchev–Trinajstić information content (AvgIpc) is 2.95. The van der Waals surface area contributed by atoms with Crippen LogP contribution in [0.1, 0.15) is 66.5 Å². The van der Waals surface area contributed by atoms with Gasteiger partial charge in [-0.15, -0.1) is 0 Å². The van der Waals surface area contributed by atoms with Crippen LogP contribution in [0.3, 0.4) is 0 Å². The summed E-state index contributed by atoms with van der Waals surface area (Å²) in [5.41, 5.74) is 11.1. The van der Waals surface area contributed by atoms with Crippen molar-refractivity contribution in [1.29, 1.82) is 0 Å². The van der Waals surface area contributed by atoms with Crippen molar-refractivity contribution < 1.29 is 38.2 Å². The first kappa shape index (κ1) is 40.9. The molecule has 48 heavy (non-hydrogen) atoms. The molecule has 264 valence electrons. The number of primary amides is 2. The Morgan fingerprint density at radius 3 is 1.10 bits per heavy atom. The smallest absolute Gasteiger partial charge is 0.408 e. The van der Waals surface area contributed by atoms with Gasteiger partial charge < -0.3 is 42.2 Å². The number of nitrogens with one attached hydrogen (secondary N) is 4. The van der Waals surface area contributed by atoms with Gasteiger partial charge in [-0.25, -0.2) is 9.59 Å². The number of amides is 6. The van der Waals surface area contributed by atoms with E-state index in [1.807, 2.05) is 60.7 Å². The van der Waals surface area contributed by atoms with Crippen molar-refractivity contribution in [3.05, 3.63) is 71.8 Å². The van der Waals surface area contributed by atoms with Crippen LogP contribution in [0.2, 0.25) is 0 Å². The molecule has 2 aromatic rings. The summed E-state index contributed by atoms with van der Waals surface area (Å²) in [5, 5.41) is 9.94. The molecule has 2 aromatic carbocycles. The summed E-state index contributed by atoms with van der Waals surface area (Å²) >= 11 is 0. The minimum atomic E-state index is -0.863. The molecule has 8 N–H and O–H groups in total. The topological polar surface area (TPSA) is 221 Å². The molecule has 0 fully saturated rings. The molecule has 4 atom stereocenters. The van der Waals surface area contributed by atoms with E-state index in [4.69, 9.17) is 20.9 Å². The SMILES string of the molecule is CC(NC(=O)OC(C)(C)C)C(=O)NC(Cc1ccccc1)C(N)=O.CC(NC(=O)OC(C)(C)C)C(=O)NC(Cc1ccccc1)C(N)=O. The number of hydrogen-bond donors (Lipinski definition) is 6. The van der Waals surface area contributed by atoms with Crippen LogP contribution in [0, 0.1) is 0 Å². The summed E-state index contributed by atoms with van der Waals surface area (Å²) in [7, 11) is 0. The number of alkyl carbamates (subject to hydrolysis) is 2. The van der Waals surface area contributed by atoms with E-state index in [0.29, 0.717) is 0 Å². The Hall–Kier alpha value is -5.14. The van der Waals surface area contributed by atoms with E-state index in [-0.39, 0.29) is 12.8 Å². The Kier molecular flexibility index (Phi) is 16.1. The van der Waals surface area contributed by atoms with Gasteiger partial charge >= 0.3 is 12.2 Å². The highest BCUT2D eigenvalue weighted by atomic mass is 16.6. The molecule has 0 saturated carbocycles. The monoisotopic (exact) mass is 670 g/mol. The first-order chi connectivity index (χ1) is 22.2.